The van der Waals surface area contributed by atoms with Gasteiger partial charge in [-0.05, 0) is 12.8 Å². The topological polar surface area (TPSA) is 32.3 Å². The van der Waals surface area contributed by atoms with Crippen molar-refractivity contribution in [3.63, 3.8) is 0 Å². The number of carbonyl (C=O) groups excluding carboxylic acids is 1. The highest BCUT2D eigenvalue weighted by molar-refractivity contribution is 5.85. The van der Waals surface area contributed by atoms with E-state index in [2.05, 4.69) is 19.2 Å². The summed E-state index contributed by atoms with van der Waals surface area (Å²) in [5.74, 6) is 0.215. The highest BCUT2D eigenvalue weighted by Crippen LogP contribution is 2.11. The molecule has 2 atom stereocenters. The van der Waals surface area contributed by atoms with Gasteiger partial charge in [0.1, 0.15) is 0 Å². The molecule has 1 heterocycles. The predicted molar refractivity (Wildman–Crippen MR) is 60.8 cm³/mol. The standard InChI is InChI=1S/C10H20N2O.ClH/c1-4-9-7-12(8(3)13)10(5-2)6-11-9;/h9-11H,4-7H2,1-3H3;1H. The van der Waals surface area contributed by atoms with E-state index < -0.39 is 0 Å². The van der Waals surface area contributed by atoms with Crippen molar-refractivity contribution in [1.29, 1.82) is 0 Å². The molecule has 1 fully saturated rings. The molecule has 4 heteroatoms. The van der Waals surface area contributed by atoms with Crippen molar-refractivity contribution in [2.75, 3.05) is 13.1 Å². The third-order valence-corrected chi connectivity index (χ3v) is 2.87. The molecule has 1 saturated heterocycles. The summed E-state index contributed by atoms with van der Waals surface area (Å²) in [4.78, 5) is 13.3. The third kappa shape index (κ3) is 3.14. The quantitative estimate of drug-likeness (QED) is 0.764. The molecule has 0 bridgehead atoms. The first-order chi connectivity index (χ1) is 6.19. The molecule has 0 radical (unpaired) electrons. The highest BCUT2D eigenvalue weighted by atomic mass is 35.5. The van der Waals surface area contributed by atoms with Gasteiger partial charge in [0.2, 0.25) is 5.91 Å². The van der Waals surface area contributed by atoms with Gasteiger partial charge in [-0.1, -0.05) is 13.8 Å². The number of amides is 1. The number of halogens is 1. The maximum absolute atomic E-state index is 11.3. The zero-order chi connectivity index (χ0) is 9.84. The Hall–Kier alpha value is -0.280. The fraction of sp³-hybridized carbons (Fsp3) is 0.900. The van der Waals surface area contributed by atoms with Crippen LogP contribution < -0.4 is 5.32 Å². The summed E-state index contributed by atoms with van der Waals surface area (Å²) in [6.07, 6.45) is 2.14. The zero-order valence-electron chi connectivity index (χ0n) is 9.25. The van der Waals surface area contributed by atoms with E-state index in [1.807, 2.05) is 4.90 Å². The van der Waals surface area contributed by atoms with Crippen LogP contribution in [-0.4, -0.2) is 36.0 Å². The molecule has 1 amide bonds. The average Bonchev–Trinajstić information content (AvgIpc) is 2.16. The third-order valence-electron chi connectivity index (χ3n) is 2.87. The molecule has 0 aromatic carbocycles. The lowest BCUT2D eigenvalue weighted by Gasteiger charge is -2.39. The van der Waals surface area contributed by atoms with E-state index in [4.69, 9.17) is 0 Å². The van der Waals surface area contributed by atoms with E-state index in [0.29, 0.717) is 12.1 Å². The molecule has 84 valence electrons. The van der Waals surface area contributed by atoms with Gasteiger partial charge in [0, 0.05) is 32.1 Å². The first-order valence-electron chi connectivity index (χ1n) is 5.19. The molecule has 2 unspecified atom stereocenters. The van der Waals surface area contributed by atoms with Crippen molar-refractivity contribution in [1.82, 2.24) is 10.2 Å². The van der Waals surface area contributed by atoms with Gasteiger partial charge in [-0.25, -0.2) is 0 Å². The first kappa shape index (κ1) is 13.7. The largest absolute Gasteiger partial charge is 0.337 e. The summed E-state index contributed by atoms with van der Waals surface area (Å²) < 4.78 is 0. The molecule has 0 spiro atoms. The molecule has 1 aliphatic heterocycles. The Balaban J connectivity index is 0.00000169. The Morgan fingerprint density at radius 3 is 2.50 bits per heavy atom. The lowest BCUT2D eigenvalue weighted by atomic mass is 10.1. The van der Waals surface area contributed by atoms with Gasteiger partial charge in [0.15, 0.2) is 0 Å². The van der Waals surface area contributed by atoms with E-state index in [9.17, 15) is 4.79 Å². The number of piperazine rings is 1. The second kappa shape index (κ2) is 6.25. The minimum atomic E-state index is 0. The summed E-state index contributed by atoms with van der Waals surface area (Å²) in [5, 5.41) is 3.46. The SMILES string of the molecule is CCC1CN(C(C)=O)C(CC)CN1.Cl. The van der Waals surface area contributed by atoms with E-state index in [0.717, 1.165) is 25.9 Å². The van der Waals surface area contributed by atoms with Crippen molar-refractivity contribution >= 4 is 18.3 Å². The number of hydrogen-bond donors (Lipinski definition) is 1. The van der Waals surface area contributed by atoms with Crippen LogP contribution in [0.25, 0.3) is 0 Å². The van der Waals surface area contributed by atoms with Crippen LogP contribution in [0.3, 0.4) is 0 Å². The van der Waals surface area contributed by atoms with Crippen molar-refractivity contribution in [3.05, 3.63) is 0 Å². The molecular formula is C10H21ClN2O. The lowest BCUT2D eigenvalue weighted by molar-refractivity contribution is -0.132. The molecule has 1 rings (SSSR count). The smallest absolute Gasteiger partial charge is 0.219 e. The highest BCUT2D eigenvalue weighted by Gasteiger charge is 2.26. The molecule has 1 N–H and O–H groups in total. The second-order valence-electron chi connectivity index (χ2n) is 3.75. The van der Waals surface area contributed by atoms with Crippen LogP contribution in [0.5, 0.6) is 0 Å². The monoisotopic (exact) mass is 220 g/mol. The Kier molecular flexibility index (Phi) is 6.12. The van der Waals surface area contributed by atoms with Crippen LogP contribution in [0.1, 0.15) is 33.6 Å². The van der Waals surface area contributed by atoms with Gasteiger partial charge in [-0.3, -0.25) is 4.79 Å². The van der Waals surface area contributed by atoms with E-state index in [1.165, 1.54) is 0 Å². The van der Waals surface area contributed by atoms with Gasteiger partial charge in [-0.2, -0.15) is 0 Å². The minimum Gasteiger partial charge on any atom is -0.337 e. The van der Waals surface area contributed by atoms with Crippen LogP contribution in [0.4, 0.5) is 0 Å². The number of hydrogen-bond acceptors (Lipinski definition) is 2. The van der Waals surface area contributed by atoms with Gasteiger partial charge in [-0.15, -0.1) is 12.4 Å². The maximum atomic E-state index is 11.3. The minimum absolute atomic E-state index is 0. The van der Waals surface area contributed by atoms with Crippen LogP contribution in [0.15, 0.2) is 0 Å². The molecule has 14 heavy (non-hydrogen) atoms. The van der Waals surface area contributed by atoms with Gasteiger partial charge in [0.25, 0.3) is 0 Å². The fourth-order valence-corrected chi connectivity index (χ4v) is 1.89. The van der Waals surface area contributed by atoms with Gasteiger partial charge < -0.3 is 10.2 Å². The Morgan fingerprint density at radius 2 is 2.07 bits per heavy atom. The van der Waals surface area contributed by atoms with Crippen molar-refractivity contribution in [2.24, 2.45) is 0 Å². The summed E-state index contributed by atoms with van der Waals surface area (Å²) >= 11 is 0. The lowest BCUT2D eigenvalue weighted by Crippen LogP contribution is -2.57. The number of nitrogens with one attached hydrogen (secondary N) is 1. The Bertz CT molecular complexity index is 187. The molecule has 3 nitrogen and oxygen atoms in total. The number of rotatable bonds is 2. The molecule has 0 aromatic heterocycles. The summed E-state index contributed by atoms with van der Waals surface area (Å²) in [7, 11) is 0. The van der Waals surface area contributed by atoms with Crippen LogP contribution >= 0.6 is 12.4 Å². The number of carbonyl (C=O) groups is 1. The zero-order valence-corrected chi connectivity index (χ0v) is 10.1. The van der Waals surface area contributed by atoms with Crippen molar-refractivity contribution < 1.29 is 4.79 Å². The molecule has 0 aromatic rings. The molecule has 1 aliphatic rings. The van der Waals surface area contributed by atoms with Crippen LogP contribution in [0, 0.1) is 0 Å². The molecular weight excluding hydrogens is 200 g/mol. The Morgan fingerprint density at radius 1 is 1.43 bits per heavy atom. The van der Waals surface area contributed by atoms with Crippen LogP contribution in [0.2, 0.25) is 0 Å². The van der Waals surface area contributed by atoms with Crippen LogP contribution in [-0.2, 0) is 4.79 Å². The summed E-state index contributed by atoms with van der Waals surface area (Å²) in [5.41, 5.74) is 0. The molecule has 0 saturated carbocycles. The first-order valence-corrected chi connectivity index (χ1v) is 5.19. The van der Waals surface area contributed by atoms with Crippen molar-refractivity contribution in [2.45, 2.75) is 45.7 Å². The predicted octanol–water partition coefficient (Wildman–Crippen LogP) is 1.42. The Labute approximate surface area is 92.6 Å². The summed E-state index contributed by atoms with van der Waals surface area (Å²) in [6, 6.07) is 0.895. The normalized spacial score (nSPS) is 26.9. The van der Waals surface area contributed by atoms with Crippen molar-refractivity contribution in [3.8, 4) is 0 Å². The van der Waals surface area contributed by atoms with Gasteiger partial charge >= 0.3 is 0 Å². The maximum Gasteiger partial charge on any atom is 0.219 e. The number of nitrogens with zero attached hydrogens (tertiary/aromatic N) is 1. The van der Waals surface area contributed by atoms with Gasteiger partial charge in [0.05, 0.1) is 0 Å². The fourth-order valence-electron chi connectivity index (χ4n) is 1.89. The van der Waals surface area contributed by atoms with E-state index in [-0.39, 0.29) is 18.3 Å². The summed E-state index contributed by atoms with van der Waals surface area (Å²) in [6.45, 7) is 7.79. The second-order valence-corrected chi connectivity index (χ2v) is 3.75. The van der Waals surface area contributed by atoms with E-state index >= 15 is 0 Å². The van der Waals surface area contributed by atoms with E-state index in [1.54, 1.807) is 6.92 Å². The molecule has 0 aliphatic carbocycles. The average molecular weight is 221 g/mol.